The second kappa shape index (κ2) is 5.38. The normalized spacial score (nSPS) is 26.3. The molecule has 2 atom stereocenters. The smallest absolute Gasteiger partial charge is 0.260 e. The monoisotopic (exact) mass is 272 g/mol. The number of H-pyrrole nitrogens is 1. The van der Waals surface area contributed by atoms with Crippen molar-refractivity contribution in [2.45, 2.75) is 37.3 Å². The number of hydrogen-bond donors (Lipinski definition) is 2. The van der Waals surface area contributed by atoms with E-state index in [2.05, 4.69) is 16.9 Å². The molecular weight excluding hydrogens is 252 g/mol. The number of aromatic nitrogens is 2. The van der Waals surface area contributed by atoms with E-state index in [1.54, 1.807) is 4.31 Å². The lowest BCUT2D eigenvalue weighted by atomic mass is 9.91. The molecule has 1 fully saturated rings. The van der Waals surface area contributed by atoms with Crippen molar-refractivity contribution in [3.05, 3.63) is 12.5 Å². The number of sulfonamides is 1. The van der Waals surface area contributed by atoms with Crippen LogP contribution >= 0.6 is 0 Å². The van der Waals surface area contributed by atoms with Gasteiger partial charge in [-0.25, -0.2) is 13.4 Å². The number of imidazole rings is 1. The van der Waals surface area contributed by atoms with Crippen molar-refractivity contribution in [2.24, 2.45) is 11.7 Å². The van der Waals surface area contributed by atoms with Crippen LogP contribution in [0.25, 0.3) is 0 Å². The molecule has 2 unspecified atom stereocenters. The molecule has 0 saturated carbocycles. The number of hydrogen-bond acceptors (Lipinski definition) is 4. The first-order valence-corrected chi connectivity index (χ1v) is 7.71. The summed E-state index contributed by atoms with van der Waals surface area (Å²) in [5.74, 6) is 0.347. The van der Waals surface area contributed by atoms with Gasteiger partial charge in [-0.2, -0.15) is 4.31 Å². The third kappa shape index (κ3) is 2.43. The Bertz CT molecular complexity index is 471. The van der Waals surface area contributed by atoms with E-state index in [4.69, 9.17) is 5.73 Å². The summed E-state index contributed by atoms with van der Waals surface area (Å²) in [5.41, 5.74) is 5.60. The molecule has 2 rings (SSSR count). The number of piperidine rings is 1. The molecule has 102 valence electrons. The van der Waals surface area contributed by atoms with Crippen LogP contribution in [0.3, 0.4) is 0 Å². The predicted octanol–water partition coefficient (Wildman–Crippen LogP) is 0.548. The SMILES string of the molecule is CC1CCCN(S(=O)(=O)c2cnc[nH]2)C1CCN. The van der Waals surface area contributed by atoms with Gasteiger partial charge in [0.2, 0.25) is 0 Å². The summed E-state index contributed by atoms with van der Waals surface area (Å²) < 4.78 is 26.6. The first kappa shape index (κ1) is 13.5. The molecule has 0 aliphatic carbocycles. The van der Waals surface area contributed by atoms with Gasteiger partial charge in [-0.15, -0.1) is 0 Å². The summed E-state index contributed by atoms with van der Waals surface area (Å²) in [7, 11) is -3.46. The first-order chi connectivity index (χ1) is 8.57. The molecule has 1 saturated heterocycles. The summed E-state index contributed by atoms with van der Waals surface area (Å²) in [6.45, 7) is 3.16. The second-order valence-electron chi connectivity index (χ2n) is 4.80. The van der Waals surface area contributed by atoms with Crippen LogP contribution in [-0.4, -0.2) is 41.8 Å². The molecule has 0 amide bonds. The van der Waals surface area contributed by atoms with Gasteiger partial charge in [0.1, 0.15) is 0 Å². The zero-order valence-electron chi connectivity index (χ0n) is 10.5. The van der Waals surface area contributed by atoms with Gasteiger partial charge in [-0.1, -0.05) is 6.92 Å². The van der Waals surface area contributed by atoms with Gasteiger partial charge < -0.3 is 10.7 Å². The molecule has 1 aromatic rings. The highest BCUT2D eigenvalue weighted by Crippen LogP contribution is 2.29. The lowest BCUT2D eigenvalue weighted by Crippen LogP contribution is -2.48. The Morgan fingerprint density at radius 2 is 2.39 bits per heavy atom. The van der Waals surface area contributed by atoms with Crippen LogP contribution in [0.5, 0.6) is 0 Å². The summed E-state index contributed by atoms with van der Waals surface area (Å²) >= 11 is 0. The third-order valence-electron chi connectivity index (χ3n) is 3.59. The maximum atomic E-state index is 12.5. The summed E-state index contributed by atoms with van der Waals surface area (Å²) in [4.78, 5) is 6.47. The van der Waals surface area contributed by atoms with Crippen LogP contribution in [-0.2, 0) is 10.0 Å². The highest BCUT2D eigenvalue weighted by molar-refractivity contribution is 7.89. The first-order valence-electron chi connectivity index (χ1n) is 6.27. The minimum absolute atomic E-state index is 0.00273. The predicted molar refractivity (Wildman–Crippen MR) is 68.3 cm³/mol. The zero-order valence-corrected chi connectivity index (χ0v) is 11.4. The molecule has 2 heterocycles. The van der Waals surface area contributed by atoms with Crippen molar-refractivity contribution < 1.29 is 8.42 Å². The maximum Gasteiger partial charge on any atom is 0.260 e. The molecule has 0 spiro atoms. The van der Waals surface area contributed by atoms with Gasteiger partial charge in [-0.05, 0) is 31.7 Å². The number of rotatable bonds is 4. The van der Waals surface area contributed by atoms with Crippen LogP contribution in [0.15, 0.2) is 17.6 Å². The fourth-order valence-corrected chi connectivity index (χ4v) is 4.31. The van der Waals surface area contributed by atoms with E-state index in [1.807, 2.05) is 0 Å². The standard InChI is InChI=1S/C11H20N4O2S/c1-9-3-2-6-15(10(9)4-5-12)18(16,17)11-7-13-8-14-11/h7-10H,2-6,12H2,1H3,(H,13,14). The van der Waals surface area contributed by atoms with E-state index < -0.39 is 10.0 Å². The highest BCUT2D eigenvalue weighted by Gasteiger charge is 2.37. The minimum atomic E-state index is -3.46. The van der Waals surface area contributed by atoms with E-state index >= 15 is 0 Å². The summed E-state index contributed by atoms with van der Waals surface area (Å²) in [6, 6.07) is -0.00273. The number of aromatic amines is 1. The lowest BCUT2D eigenvalue weighted by molar-refractivity contribution is 0.179. The highest BCUT2D eigenvalue weighted by atomic mass is 32.2. The molecule has 7 heteroatoms. The minimum Gasteiger partial charge on any atom is -0.335 e. The van der Waals surface area contributed by atoms with E-state index in [-0.39, 0.29) is 11.1 Å². The summed E-state index contributed by atoms with van der Waals surface area (Å²) in [5, 5.41) is 0.165. The van der Waals surface area contributed by atoms with E-state index in [1.165, 1.54) is 12.5 Å². The topological polar surface area (TPSA) is 92.1 Å². The van der Waals surface area contributed by atoms with Gasteiger partial charge in [0, 0.05) is 12.6 Å². The maximum absolute atomic E-state index is 12.5. The Balaban J connectivity index is 2.29. The van der Waals surface area contributed by atoms with Crippen molar-refractivity contribution >= 4 is 10.0 Å². The number of nitrogens with two attached hydrogens (primary N) is 1. The Kier molecular flexibility index (Phi) is 4.04. The van der Waals surface area contributed by atoms with Crippen molar-refractivity contribution in [1.29, 1.82) is 0 Å². The Labute approximate surface area is 108 Å². The zero-order chi connectivity index (χ0) is 13.2. The Morgan fingerprint density at radius 3 is 3.00 bits per heavy atom. The number of nitrogens with zero attached hydrogens (tertiary/aromatic N) is 2. The van der Waals surface area contributed by atoms with Crippen molar-refractivity contribution in [2.75, 3.05) is 13.1 Å². The molecule has 6 nitrogen and oxygen atoms in total. The third-order valence-corrected chi connectivity index (χ3v) is 5.44. The lowest BCUT2D eigenvalue weighted by Gasteiger charge is -2.38. The average Bonchev–Trinajstić information content (AvgIpc) is 2.86. The van der Waals surface area contributed by atoms with Gasteiger partial charge in [0.15, 0.2) is 5.03 Å². The molecule has 18 heavy (non-hydrogen) atoms. The van der Waals surface area contributed by atoms with E-state index in [9.17, 15) is 8.42 Å². The van der Waals surface area contributed by atoms with Crippen molar-refractivity contribution in [3.63, 3.8) is 0 Å². The Hall–Kier alpha value is -0.920. The fourth-order valence-electron chi connectivity index (χ4n) is 2.62. The molecule has 1 aliphatic heterocycles. The van der Waals surface area contributed by atoms with Gasteiger partial charge in [0.25, 0.3) is 10.0 Å². The Morgan fingerprint density at radius 1 is 1.61 bits per heavy atom. The van der Waals surface area contributed by atoms with Crippen LogP contribution in [0.1, 0.15) is 26.2 Å². The van der Waals surface area contributed by atoms with Gasteiger partial charge in [-0.3, -0.25) is 0 Å². The molecule has 1 aromatic heterocycles. The van der Waals surface area contributed by atoms with Gasteiger partial charge >= 0.3 is 0 Å². The average molecular weight is 272 g/mol. The molecule has 3 N–H and O–H groups in total. The second-order valence-corrected chi connectivity index (χ2v) is 6.65. The molecule has 0 bridgehead atoms. The molecular formula is C11H20N4O2S. The van der Waals surface area contributed by atoms with Crippen LogP contribution in [0.4, 0.5) is 0 Å². The summed E-state index contributed by atoms with van der Waals surface area (Å²) in [6.07, 6.45) is 5.40. The van der Waals surface area contributed by atoms with Crippen molar-refractivity contribution in [3.8, 4) is 0 Å². The fraction of sp³-hybridized carbons (Fsp3) is 0.727. The quantitative estimate of drug-likeness (QED) is 0.837. The van der Waals surface area contributed by atoms with E-state index in [0.717, 1.165) is 12.8 Å². The van der Waals surface area contributed by atoms with Crippen LogP contribution < -0.4 is 5.73 Å². The molecule has 1 aliphatic rings. The molecule has 0 aromatic carbocycles. The van der Waals surface area contributed by atoms with Gasteiger partial charge in [0.05, 0.1) is 12.5 Å². The van der Waals surface area contributed by atoms with E-state index in [0.29, 0.717) is 25.4 Å². The molecule has 0 radical (unpaired) electrons. The van der Waals surface area contributed by atoms with Crippen molar-refractivity contribution in [1.82, 2.24) is 14.3 Å². The largest absolute Gasteiger partial charge is 0.335 e. The van der Waals surface area contributed by atoms with Crippen LogP contribution in [0.2, 0.25) is 0 Å². The number of nitrogens with one attached hydrogen (secondary N) is 1. The van der Waals surface area contributed by atoms with Crippen LogP contribution in [0, 0.1) is 5.92 Å².